The summed E-state index contributed by atoms with van der Waals surface area (Å²) in [5.74, 6) is 0.315. The van der Waals surface area contributed by atoms with Crippen LogP contribution in [-0.2, 0) is 13.0 Å². The van der Waals surface area contributed by atoms with Gasteiger partial charge in [-0.25, -0.2) is 0 Å². The first-order valence-electron chi connectivity index (χ1n) is 7.25. The summed E-state index contributed by atoms with van der Waals surface area (Å²) in [5, 5.41) is 18.8. The van der Waals surface area contributed by atoms with Gasteiger partial charge in [0.25, 0.3) is 0 Å². The molecule has 2 N–H and O–H groups in total. The fourth-order valence-corrected chi connectivity index (χ4v) is 3.03. The number of rotatable bonds is 6. The topological polar surface area (TPSA) is 52.1 Å². The van der Waals surface area contributed by atoms with Gasteiger partial charge in [0.1, 0.15) is 11.4 Å². The van der Waals surface area contributed by atoms with Crippen molar-refractivity contribution in [2.24, 2.45) is 0 Å². The molecule has 4 nitrogen and oxygen atoms in total. The van der Waals surface area contributed by atoms with E-state index in [1.54, 1.807) is 23.5 Å². The smallest absolute Gasteiger partial charge is 0.115 e. The highest BCUT2D eigenvalue weighted by molar-refractivity contribution is 7.13. The molecule has 22 heavy (non-hydrogen) atoms. The van der Waals surface area contributed by atoms with E-state index in [1.807, 2.05) is 18.2 Å². The minimum absolute atomic E-state index is 0.315. The zero-order valence-corrected chi connectivity index (χ0v) is 13.3. The lowest BCUT2D eigenvalue weighted by Crippen LogP contribution is -2.20. The highest BCUT2D eigenvalue weighted by atomic mass is 32.1. The summed E-state index contributed by atoms with van der Waals surface area (Å²) in [6.07, 6.45) is 0.961. The zero-order chi connectivity index (χ0) is 15.4. The zero-order valence-electron chi connectivity index (χ0n) is 12.5. The van der Waals surface area contributed by atoms with Crippen LogP contribution in [0, 0.1) is 0 Å². The van der Waals surface area contributed by atoms with Crippen molar-refractivity contribution >= 4 is 11.3 Å². The summed E-state index contributed by atoms with van der Waals surface area (Å²) in [5.41, 5.74) is 3.36. The van der Waals surface area contributed by atoms with Gasteiger partial charge < -0.3 is 10.0 Å². The van der Waals surface area contributed by atoms with Gasteiger partial charge in [0.2, 0.25) is 0 Å². The first-order chi connectivity index (χ1) is 10.7. The van der Waals surface area contributed by atoms with E-state index in [0.29, 0.717) is 5.75 Å². The van der Waals surface area contributed by atoms with E-state index >= 15 is 0 Å². The van der Waals surface area contributed by atoms with Crippen LogP contribution in [0.2, 0.25) is 0 Å². The van der Waals surface area contributed by atoms with E-state index in [2.05, 4.69) is 39.7 Å². The van der Waals surface area contributed by atoms with E-state index in [-0.39, 0.29) is 0 Å². The van der Waals surface area contributed by atoms with Crippen LogP contribution in [-0.4, -0.2) is 33.8 Å². The molecule has 3 rings (SSSR count). The van der Waals surface area contributed by atoms with Gasteiger partial charge in [-0.15, -0.1) is 11.3 Å². The molecule has 0 bridgehead atoms. The molecule has 0 spiro atoms. The summed E-state index contributed by atoms with van der Waals surface area (Å²) < 4.78 is 0. The molecule has 1 aromatic carbocycles. The highest BCUT2D eigenvalue weighted by Gasteiger charge is 2.07. The van der Waals surface area contributed by atoms with Crippen LogP contribution in [0.4, 0.5) is 0 Å². The fourth-order valence-electron chi connectivity index (χ4n) is 2.35. The monoisotopic (exact) mass is 313 g/mol. The lowest BCUT2D eigenvalue weighted by atomic mass is 10.1. The molecule has 3 aromatic rings. The maximum atomic E-state index is 9.29. The predicted octanol–water partition coefficient (Wildman–Crippen LogP) is 3.52. The van der Waals surface area contributed by atoms with E-state index in [4.69, 9.17) is 0 Å². The van der Waals surface area contributed by atoms with Crippen molar-refractivity contribution in [3.05, 3.63) is 59.1 Å². The molecule has 2 aromatic heterocycles. The second kappa shape index (κ2) is 6.77. The van der Waals surface area contributed by atoms with Crippen LogP contribution in [0.5, 0.6) is 5.75 Å². The second-order valence-electron chi connectivity index (χ2n) is 5.41. The van der Waals surface area contributed by atoms with Gasteiger partial charge in [0.15, 0.2) is 0 Å². The quantitative estimate of drug-likeness (QED) is 0.732. The summed E-state index contributed by atoms with van der Waals surface area (Å²) in [6.45, 7) is 1.80. The van der Waals surface area contributed by atoms with E-state index < -0.39 is 0 Å². The van der Waals surface area contributed by atoms with Gasteiger partial charge in [0, 0.05) is 18.8 Å². The number of H-pyrrole nitrogens is 1. The average Bonchev–Trinajstić information content (AvgIpc) is 3.17. The van der Waals surface area contributed by atoms with Crippen molar-refractivity contribution < 1.29 is 5.11 Å². The van der Waals surface area contributed by atoms with Crippen molar-refractivity contribution in [1.82, 2.24) is 15.1 Å². The van der Waals surface area contributed by atoms with E-state index in [0.717, 1.165) is 30.9 Å². The van der Waals surface area contributed by atoms with Gasteiger partial charge in [0.05, 0.1) is 4.88 Å². The fraction of sp³-hybridized carbons (Fsp3) is 0.235. The lowest BCUT2D eigenvalue weighted by Gasteiger charge is -2.15. The minimum atomic E-state index is 0.315. The molecule has 0 aliphatic carbocycles. The Labute approximate surface area is 134 Å². The first kappa shape index (κ1) is 14.8. The third-order valence-electron chi connectivity index (χ3n) is 3.56. The summed E-state index contributed by atoms with van der Waals surface area (Å²) >= 11 is 1.70. The molecule has 0 aliphatic heterocycles. The number of thiophene rings is 1. The van der Waals surface area contributed by atoms with Gasteiger partial charge in [-0.05, 0) is 48.7 Å². The first-order valence-corrected chi connectivity index (χ1v) is 8.13. The Hall–Kier alpha value is -2.11. The number of hydrogen-bond acceptors (Lipinski definition) is 4. The van der Waals surface area contributed by atoms with Gasteiger partial charge >= 0.3 is 0 Å². The maximum absolute atomic E-state index is 9.29. The molecule has 114 valence electrons. The normalized spacial score (nSPS) is 11.2. The van der Waals surface area contributed by atoms with Crippen LogP contribution in [0.25, 0.3) is 10.6 Å². The molecule has 0 amide bonds. The van der Waals surface area contributed by atoms with Crippen LogP contribution < -0.4 is 0 Å². The maximum Gasteiger partial charge on any atom is 0.115 e. The molecular formula is C17H19N3OS. The Morgan fingerprint density at radius 1 is 1.23 bits per heavy atom. The van der Waals surface area contributed by atoms with Gasteiger partial charge in [-0.1, -0.05) is 18.2 Å². The Kier molecular flexibility index (Phi) is 4.56. The number of nitrogens with zero attached hydrogens (tertiary/aromatic N) is 2. The standard InChI is InChI=1S/C17H19N3OS/c1-20(9-8-13-4-6-15(21)7-5-13)12-14-11-16(19-18-14)17-3-2-10-22-17/h2-7,10-11,21H,8-9,12H2,1H3,(H,18,19). The number of aromatic hydroxyl groups is 1. The number of likely N-dealkylation sites (N-methyl/N-ethyl adjacent to an activating group) is 1. The summed E-state index contributed by atoms with van der Waals surface area (Å²) in [6, 6.07) is 13.6. The molecule has 0 aliphatic rings. The van der Waals surface area contributed by atoms with Crippen LogP contribution in [0.3, 0.4) is 0 Å². The van der Waals surface area contributed by atoms with Crippen molar-refractivity contribution in [3.8, 4) is 16.3 Å². The number of phenolic OH excluding ortho intramolecular Hbond substituents is 1. The predicted molar refractivity (Wildman–Crippen MR) is 90.0 cm³/mol. The van der Waals surface area contributed by atoms with Crippen LogP contribution in [0.15, 0.2) is 47.8 Å². The number of aromatic amines is 1. The number of hydrogen-bond donors (Lipinski definition) is 2. The number of benzene rings is 1. The third-order valence-corrected chi connectivity index (χ3v) is 4.46. The SMILES string of the molecule is CN(CCc1ccc(O)cc1)Cc1cc(-c2cccs2)n[nH]1. The van der Waals surface area contributed by atoms with Crippen LogP contribution >= 0.6 is 11.3 Å². The van der Waals surface area contributed by atoms with E-state index in [1.165, 1.54) is 10.4 Å². The third kappa shape index (κ3) is 3.75. The molecule has 0 saturated carbocycles. The number of nitrogens with one attached hydrogen (secondary N) is 1. The van der Waals surface area contributed by atoms with Crippen LogP contribution in [0.1, 0.15) is 11.3 Å². The Balaban J connectivity index is 1.53. The summed E-state index contributed by atoms with van der Waals surface area (Å²) in [4.78, 5) is 3.45. The summed E-state index contributed by atoms with van der Waals surface area (Å²) in [7, 11) is 2.10. The molecular weight excluding hydrogens is 294 g/mol. The second-order valence-corrected chi connectivity index (χ2v) is 6.36. The van der Waals surface area contributed by atoms with E-state index in [9.17, 15) is 5.11 Å². The molecule has 0 unspecified atom stereocenters. The Morgan fingerprint density at radius 3 is 2.77 bits per heavy atom. The molecule has 2 heterocycles. The molecule has 0 saturated heterocycles. The highest BCUT2D eigenvalue weighted by Crippen LogP contribution is 2.23. The minimum Gasteiger partial charge on any atom is -0.508 e. The van der Waals surface area contributed by atoms with Crippen molar-refractivity contribution in [2.45, 2.75) is 13.0 Å². The van der Waals surface area contributed by atoms with Crippen molar-refractivity contribution in [1.29, 1.82) is 0 Å². The molecule has 0 atom stereocenters. The van der Waals surface area contributed by atoms with Crippen molar-refractivity contribution in [2.75, 3.05) is 13.6 Å². The lowest BCUT2D eigenvalue weighted by molar-refractivity contribution is 0.327. The Bertz CT molecular complexity index is 704. The number of phenols is 1. The Morgan fingerprint density at radius 2 is 2.05 bits per heavy atom. The van der Waals surface area contributed by atoms with Gasteiger partial charge in [-0.2, -0.15) is 5.10 Å². The number of aromatic nitrogens is 2. The molecule has 0 radical (unpaired) electrons. The van der Waals surface area contributed by atoms with Crippen molar-refractivity contribution in [3.63, 3.8) is 0 Å². The largest absolute Gasteiger partial charge is 0.508 e. The molecule has 5 heteroatoms. The molecule has 0 fully saturated rings. The van der Waals surface area contributed by atoms with Gasteiger partial charge in [-0.3, -0.25) is 5.10 Å². The average molecular weight is 313 g/mol.